The maximum Gasteiger partial charge on any atom is 0.257 e. The van der Waals surface area contributed by atoms with E-state index in [1.54, 1.807) is 53.4 Å². The molecule has 1 heterocycles. The van der Waals surface area contributed by atoms with Gasteiger partial charge in [-0.1, -0.05) is 43.6 Å². The normalized spacial score (nSPS) is 16.0. The molecule has 1 aliphatic rings. The average Bonchev–Trinajstić information content (AvgIpc) is 2.78. The summed E-state index contributed by atoms with van der Waals surface area (Å²) in [6.45, 7) is 5.93. The van der Waals surface area contributed by atoms with Crippen molar-refractivity contribution in [2.45, 2.75) is 33.1 Å². The van der Waals surface area contributed by atoms with Crippen LogP contribution in [0.4, 0.5) is 5.69 Å². The molecule has 1 fully saturated rings. The van der Waals surface area contributed by atoms with Crippen LogP contribution in [0.3, 0.4) is 0 Å². The third-order valence-electron chi connectivity index (χ3n) is 5.59. The van der Waals surface area contributed by atoms with E-state index >= 15 is 0 Å². The molecular formula is C25H30ClN3O3. The molecule has 3 rings (SSSR count). The zero-order chi connectivity index (χ0) is 23.1. The van der Waals surface area contributed by atoms with Crippen LogP contribution in [0.25, 0.3) is 0 Å². The van der Waals surface area contributed by atoms with Crippen molar-refractivity contribution < 1.29 is 14.4 Å². The van der Waals surface area contributed by atoms with E-state index in [1.165, 1.54) is 0 Å². The fraction of sp³-hybridized carbons (Fsp3) is 0.400. The molecule has 0 aliphatic carbocycles. The molecule has 0 radical (unpaired) electrons. The van der Waals surface area contributed by atoms with Crippen LogP contribution in [0.5, 0.6) is 0 Å². The highest BCUT2D eigenvalue weighted by Gasteiger charge is 2.29. The number of amides is 3. The van der Waals surface area contributed by atoms with Gasteiger partial charge in [-0.15, -0.1) is 0 Å². The highest BCUT2D eigenvalue weighted by molar-refractivity contribution is 6.34. The van der Waals surface area contributed by atoms with Crippen molar-refractivity contribution in [3.05, 3.63) is 64.7 Å². The number of hydrogen-bond acceptors (Lipinski definition) is 3. The molecule has 0 spiro atoms. The van der Waals surface area contributed by atoms with Crippen molar-refractivity contribution in [2.75, 3.05) is 25.0 Å². The predicted octanol–water partition coefficient (Wildman–Crippen LogP) is 4.61. The summed E-state index contributed by atoms with van der Waals surface area (Å²) in [7, 11) is 0. The summed E-state index contributed by atoms with van der Waals surface area (Å²) in [5, 5.41) is 6.16. The summed E-state index contributed by atoms with van der Waals surface area (Å²) in [6, 6.07) is 13.6. The summed E-state index contributed by atoms with van der Waals surface area (Å²) in [6.07, 6.45) is 2.51. The molecule has 1 aliphatic heterocycles. The van der Waals surface area contributed by atoms with Crippen LogP contribution in [-0.4, -0.2) is 42.3 Å². The Bertz CT molecular complexity index is 976. The standard InChI is InChI=1S/C25H30ClN3O3/c1-17(2)12-13-27-23(30)19-8-6-14-29(16-19)25(32)18-7-5-9-20(15-18)28-24(31)21-10-3-4-11-22(21)26/h3-5,7,9-11,15,17,19H,6,8,12-14,16H2,1-2H3,(H,27,30)(H,28,31)/t19-/m1/s1. The third-order valence-corrected chi connectivity index (χ3v) is 5.92. The van der Waals surface area contributed by atoms with Crippen LogP contribution in [0.15, 0.2) is 48.5 Å². The topological polar surface area (TPSA) is 78.5 Å². The van der Waals surface area contributed by atoms with Gasteiger partial charge in [-0.3, -0.25) is 14.4 Å². The first kappa shape index (κ1) is 23.8. The van der Waals surface area contributed by atoms with Crippen LogP contribution in [0.1, 0.15) is 53.8 Å². The van der Waals surface area contributed by atoms with E-state index in [0.717, 1.165) is 19.3 Å². The molecule has 0 unspecified atom stereocenters. The fourth-order valence-electron chi connectivity index (χ4n) is 3.76. The molecule has 1 saturated heterocycles. The van der Waals surface area contributed by atoms with Crippen molar-refractivity contribution in [2.24, 2.45) is 11.8 Å². The van der Waals surface area contributed by atoms with Crippen LogP contribution in [-0.2, 0) is 4.79 Å². The predicted molar refractivity (Wildman–Crippen MR) is 127 cm³/mol. The fourth-order valence-corrected chi connectivity index (χ4v) is 3.98. The van der Waals surface area contributed by atoms with Crippen LogP contribution in [0, 0.1) is 11.8 Å². The summed E-state index contributed by atoms with van der Waals surface area (Å²) < 4.78 is 0. The molecule has 2 aromatic carbocycles. The Morgan fingerprint density at radius 1 is 1.12 bits per heavy atom. The Morgan fingerprint density at radius 2 is 1.91 bits per heavy atom. The van der Waals surface area contributed by atoms with Gasteiger partial charge in [0, 0.05) is 30.9 Å². The van der Waals surface area contributed by atoms with E-state index in [9.17, 15) is 14.4 Å². The quantitative estimate of drug-likeness (QED) is 0.640. The molecule has 32 heavy (non-hydrogen) atoms. The van der Waals surface area contributed by atoms with Crippen molar-refractivity contribution in [3.8, 4) is 0 Å². The molecule has 0 aromatic heterocycles. The van der Waals surface area contributed by atoms with Gasteiger partial charge in [0.15, 0.2) is 0 Å². The Morgan fingerprint density at radius 3 is 2.66 bits per heavy atom. The Balaban J connectivity index is 1.63. The van der Waals surface area contributed by atoms with Gasteiger partial charge in [-0.05, 0) is 55.5 Å². The number of carbonyl (C=O) groups is 3. The minimum atomic E-state index is -0.337. The van der Waals surface area contributed by atoms with E-state index in [2.05, 4.69) is 24.5 Å². The van der Waals surface area contributed by atoms with Crippen LogP contribution < -0.4 is 10.6 Å². The van der Waals surface area contributed by atoms with Crippen LogP contribution >= 0.6 is 11.6 Å². The zero-order valence-corrected chi connectivity index (χ0v) is 19.3. The molecule has 2 aromatic rings. The monoisotopic (exact) mass is 455 g/mol. The first-order valence-electron chi connectivity index (χ1n) is 11.1. The lowest BCUT2D eigenvalue weighted by atomic mass is 9.96. The number of likely N-dealkylation sites (tertiary alicyclic amines) is 1. The second kappa shape index (κ2) is 11.1. The number of carbonyl (C=O) groups excluding carboxylic acids is 3. The average molecular weight is 456 g/mol. The molecule has 2 N–H and O–H groups in total. The van der Waals surface area contributed by atoms with E-state index in [-0.39, 0.29) is 23.6 Å². The lowest BCUT2D eigenvalue weighted by Crippen LogP contribution is -2.45. The molecule has 3 amide bonds. The van der Waals surface area contributed by atoms with Gasteiger partial charge in [0.2, 0.25) is 5.91 Å². The minimum absolute atomic E-state index is 0.0175. The Hall–Kier alpha value is -2.86. The van der Waals surface area contributed by atoms with Gasteiger partial charge >= 0.3 is 0 Å². The maximum absolute atomic E-state index is 13.1. The molecule has 0 bridgehead atoms. The third kappa shape index (κ3) is 6.33. The highest BCUT2D eigenvalue weighted by atomic mass is 35.5. The van der Waals surface area contributed by atoms with Crippen LogP contribution in [0.2, 0.25) is 5.02 Å². The van der Waals surface area contributed by atoms with E-state index in [1.807, 2.05) is 0 Å². The SMILES string of the molecule is CC(C)CCNC(=O)[C@@H]1CCCN(C(=O)c2cccc(NC(=O)c3ccccc3Cl)c2)C1. The smallest absolute Gasteiger partial charge is 0.257 e. The molecule has 170 valence electrons. The molecule has 6 nitrogen and oxygen atoms in total. The van der Waals surface area contributed by atoms with Gasteiger partial charge in [-0.2, -0.15) is 0 Å². The van der Waals surface area contributed by atoms with Gasteiger partial charge < -0.3 is 15.5 Å². The number of benzene rings is 2. The molecule has 7 heteroatoms. The second-order valence-electron chi connectivity index (χ2n) is 8.58. The van der Waals surface area contributed by atoms with E-state index in [0.29, 0.717) is 47.4 Å². The Labute approximate surface area is 194 Å². The van der Waals surface area contributed by atoms with Gasteiger partial charge in [0.25, 0.3) is 11.8 Å². The molecule has 0 saturated carbocycles. The van der Waals surface area contributed by atoms with Crippen molar-refractivity contribution in [1.82, 2.24) is 10.2 Å². The summed E-state index contributed by atoms with van der Waals surface area (Å²) >= 11 is 6.10. The first-order valence-corrected chi connectivity index (χ1v) is 11.5. The number of nitrogens with zero attached hydrogens (tertiary/aromatic N) is 1. The maximum atomic E-state index is 13.1. The first-order chi connectivity index (χ1) is 15.3. The Kier molecular flexibility index (Phi) is 8.28. The molecular weight excluding hydrogens is 426 g/mol. The van der Waals surface area contributed by atoms with E-state index in [4.69, 9.17) is 11.6 Å². The zero-order valence-electron chi connectivity index (χ0n) is 18.6. The lowest BCUT2D eigenvalue weighted by molar-refractivity contribution is -0.126. The minimum Gasteiger partial charge on any atom is -0.356 e. The number of nitrogens with one attached hydrogen (secondary N) is 2. The number of anilines is 1. The van der Waals surface area contributed by atoms with Gasteiger partial charge in [0.1, 0.15) is 0 Å². The van der Waals surface area contributed by atoms with Crippen molar-refractivity contribution in [1.29, 1.82) is 0 Å². The van der Waals surface area contributed by atoms with Crippen molar-refractivity contribution in [3.63, 3.8) is 0 Å². The van der Waals surface area contributed by atoms with E-state index < -0.39 is 0 Å². The van der Waals surface area contributed by atoms with Crippen molar-refractivity contribution >= 4 is 35.0 Å². The second-order valence-corrected chi connectivity index (χ2v) is 8.99. The number of halogens is 1. The van der Waals surface area contributed by atoms with Gasteiger partial charge in [-0.25, -0.2) is 0 Å². The summed E-state index contributed by atoms with van der Waals surface area (Å²) in [5.41, 5.74) is 1.36. The molecule has 1 atom stereocenters. The summed E-state index contributed by atoms with van der Waals surface area (Å²) in [5.74, 6) is -0.118. The van der Waals surface area contributed by atoms with Gasteiger partial charge in [0.05, 0.1) is 16.5 Å². The largest absolute Gasteiger partial charge is 0.356 e. The number of rotatable bonds is 7. The highest BCUT2D eigenvalue weighted by Crippen LogP contribution is 2.22. The number of piperidine rings is 1. The summed E-state index contributed by atoms with van der Waals surface area (Å²) in [4.78, 5) is 39.9. The lowest BCUT2D eigenvalue weighted by Gasteiger charge is -2.32. The number of hydrogen-bond donors (Lipinski definition) is 2.